The number of nitrogens with one attached hydrogen (secondary N) is 2. The lowest BCUT2D eigenvalue weighted by Gasteiger charge is -2.41. The molecule has 2 fully saturated rings. The Kier molecular flexibility index (Phi) is 10.0. The fraction of sp³-hybridized carbons (Fsp3) is 0.333. The van der Waals surface area contributed by atoms with E-state index in [4.69, 9.17) is 42.6 Å². The molecule has 0 saturated carbocycles. The molecule has 264 valence electrons. The molecule has 0 atom stereocenters. The van der Waals surface area contributed by atoms with Gasteiger partial charge in [0.15, 0.2) is 5.82 Å². The molecule has 7 rings (SSSR count). The molecule has 0 spiro atoms. The number of likely N-dealkylation sites (tertiary alicyclic amines) is 2. The largest absolute Gasteiger partial charge is 0.373 e. The summed E-state index contributed by atoms with van der Waals surface area (Å²) in [5.41, 5.74) is 2.48. The number of ether oxygens (including phenoxy) is 2. The van der Waals surface area contributed by atoms with Gasteiger partial charge in [-0.05, 0) is 43.9 Å². The molecule has 51 heavy (non-hydrogen) atoms. The van der Waals surface area contributed by atoms with E-state index in [0.29, 0.717) is 90.3 Å². The van der Waals surface area contributed by atoms with E-state index in [1.54, 1.807) is 20.3 Å². The zero-order chi connectivity index (χ0) is 35.6. The Bertz CT molecular complexity index is 2040. The van der Waals surface area contributed by atoms with Crippen LogP contribution in [0.3, 0.4) is 0 Å². The molecule has 0 aliphatic carbocycles. The summed E-state index contributed by atoms with van der Waals surface area (Å²) in [6.45, 7) is 2.05. The van der Waals surface area contributed by atoms with Gasteiger partial charge in [-0.2, -0.15) is 0 Å². The molecule has 2 saturated heterocycles. The number of carbonyl (C=O) groups excluding carboxylic acids is 2. The van der Waals surface area contributed by atoms with E-state index in [-0.39, 0.29) is 18.4 Å². The molecule has 2 aliphatic rings. The lowest BCUT2D eigenvalue weighted by molar-refractivity contribution is -0.135. The van der Waals surface area contributed by atoms with E-state index < -0.39 is 11.2 Å². The molecule has 5 aromatic rings. The first-order valence-electron chi connectivity index (χ1n) is 17.1. The lowest BCUT2D eigenvalue weighted by atomic mass is 9.84. The highest BCUT2D eigenvalue weighted by molar-refractivity contribution is 6.31. The van der Waals surface area contributed by atoms with Gasteiger partial charge in [-0.3, -0.25) is 9.59 Å². The molecular weight excluding hydrogens is 687 g/mol. The summed E-state index contributed by atoms with van der Waals surface area (Å²) in [5.74, 6) is 0.738. The second kappa shape index (κ2) is 14.6. The number of aromatic amines is 1. The highest BCUT2D eigenvalue weighted by Crippen LogP contribution is 2.41. The number of hydrogen-bond donors (Lipinski definition) is 2. The van der Waals surface area contributed by atoms with Gasteiger partial charge in [0.2, 0.25) is 5.91 Å². The zero-order valence-electron chi connectivity index (χ0n) is 28.6. The average Bonchev–Trinajstić information content (AvgIpc) is 3.62. The number of rotatable bonds is 9. The van der Waals surface area contributed by atoms with Crippen LogP contribution in [0, 0.1) is 0 Å². The number of fused-ring (bicyclic) bond motifs is 1. The van der Waals surface area contributed by atoms with E-state index in [0.717, 1.165) is 16.7 Å². The number of hydrogen-bond acceptors (Lipinski definition) is 7. The first kappa shape index (κ1) is 34.9. The molecule has 12 heteroatoms. The number of benzene rings is 3. The number of methoxy groups -OCH3 is 2. The number of carbonyl (C=O) groups is 2. The van der Waals surface area contributed by atoms with Crippen molar-refractivity contribution in [2.75, 3.05) is 52.3 Å². The Balaban J connectivity index is 1.09. The first-order chi connectivity index (χ1) is 24.8. The molecule has 4 heterocycles. The molecule has 0 unspecified atom stereocenters. The molecular formula is C39H40Cl2N6O4. The van der Waals surface area contributed by atoms with Crippen molar-refractivity contribution >= 4 is 51.9 Å². The van der Waals surface area contributed by atoms with Crippen molar-refractivity contribution in [2.24, 2.45) is 0 Å². The second-order valence-corrected chi connectivity index (χ2v) is 13.9. The van der Waals surface area contributed by atoms with Crippen LogP contribution in [0.2, 0.25) is 10.0 Å². The molecule has 0 bridgehead atoms. The number of H-pyrrole nitrogens is 1. The molecule has 2 aromatic heterocycles. The van der Waals surface area contributed by atoms with Crippen molar-refractivity contribution in [3.63, 3.8) is 0 Å². The van der Waals surface area contributed by atoms with E-state index in [9.17, 15) is 9.59 Å². The van der Waals surface area contributed by atoms with Crippen LogP contribution < -0.4 is 5.32 Å². The van der Waals surface area contributed by atoms with Crippen LogP contribution in [0.4, 0.5) is 5.82 Å². The van der Waals surface area contributed by atoms with Crippen molar-refractivity contribution in [1.82, 2.24) is 24.8 Å². The number of aromatic nitrogens is 3. The SMILES string of the molecule is COC1(c2ccccc2Cl)CCN(C(=O)CNc2nc(-c3ccccc3)nc3[nH]c(C(=O)N4CCC(OC)(c5ccccc5Cl)CC4)cc23)CC1. The summed E-state index contributed by atoms with van der Waals surface area (Å²) in [6.07, 6.45) is 2.45. The minimum Gasteiger partial charge on any atom is -0.373 e. The number of piperidine rings is 2. The van der Waals surface area contributed by atoms with Crippen LogP contribution in [0.1, 0.15) is 47.3 Å². The van der Waals surface area contributed by atoms with Gasteiger partial charge in [0, 0.05) is 67.1 Å². The van der Waals surface area contributed by atoms with Crippen molar-refractivity contribution in [3.8, 4) is 11.4 Å². The van der Waals surface area contributed by atoms with Crippen LogP contribution >= 0.6 is 23.2 Å². The molecule has 0 radical (unpaired) electrons. The van der Waals surface area contributed by atoms with Gasteiger partial charge in [-0.1, -0.05) is 89.9 Å². The second-order valence-electron chi connectivity index (χ2n) is 13.1. The maximum atomic E-state index is 13.9. The first-order valence-corrected chi connectivity index (χ1v) is 17.9. The van der Waals surface area contributed by atoms with Crippen LogP contribution in [-0.4, -0.2) is 83.5 Å². The molecule has 2 amide bonds. The third-order valence-corrected chi connectivity index (χ3v) is 11.1. The summed E-state index contributed by atoms with van der Waals surface area (Å²) in [7, 11) is 3.39. The minimum absolute atomic E-state index is 0.0220. The predicted octanol–water partition coefficient (Wildman–Crippen LogP) is 7.29. The normalized spacial score (nSPS) is 17.0. The summed E-state index contributed by atoms with van der Waals surface area (Å²) < 4.78 is 12.0. The Hall–Kier alpha value is -4.48. The van der Waals surface area contributed by atoms with Crippen molar-refractivity contribution in [1.29, 1.82) is 0 Å². The highest BCUT2D eigenvalue weighted by Gasteiger charge is 2.40. The van der Waals surface area contributed by atoms with E-state index >= 15 is 0 Å². The average molecular weight is 728 g/mol. The summed E-state index contributed by atoms with van der Waals surface area (Å²) in [4.78, 5) is 44.0. The van der Waals surface area contributed by atoms with Crippen LogP contribution in [0.25, 0.3) is 22.4 Å². The lowest BCUT2D eigenvalue weighted by Crippen LogP contribution is -2.47. The van der Waals surface area contributed by atoms with Crippen LogP contribution in [-0.2, 0) is 25.5 Å². The van der Waals surface area contributed by atoms with Gasteiger partial charge in [0.05, 0.1) is 23.1 Å². The standard InChI is InChI=1S/C39H40Cl2N6O4/c1-50-38(28-12-6-8-14-30(28)40)16-20-46(21-17-38)33(48)25-42-35-27-24-32(43-36(27)45-34(44-35)26-10-4-3-5-11-26)37(49)47-22-18-39(51-2,19-23-47)29-13-7-9-15-31(29)41/h3-15,24H,16-23,25H2,1-2H3,(H2,42,43,44,45). The fourth-order valence-corrected chi connectivity index (χ4v) is 8.05. The topological polar surface area (TPSA) is 113 Å². The summed E-state index contributed by atoms with van der Waals surface area (Å²) >= 11 is 13.1. The predicted molar refractivity (Wildman–Crippen MR) is 199 cm³/mol. The van der Waals surface area contributed by atoms with Gasteiger partial charge in [0.1, 0.15) is 17.2 Å². The molecule has 3 aromatic carbocycles. The number of amides is 2. The Morgan fingerprint density at radius 2 is 1.29 bits per heavy atom. The number of halogens is 2. The van der Waals surface area contributed by atoms with E-state index in [1.807, 2.05) is 88.7 Å². The number of nitrogens with zero attached hydrogens (tertiary/aromatic N) is 4. The van der Waals surface area contributed by atoms with Gasteiger partial charge >= 0.3 is 0 Å². The smallest absolute Gasteiger partial charge is 0.270 e. The van der Waals surface area contributed by atoms with Gasteiger partial charge in [0.25, 0.3) is 5.91 Å². The summed E-state index contributed by atoms with van der Waals surface area (Å²) in [5, 5.41) is 5.22. The molecule has 2 N–H and O–H groups in total. The minimum atomic E-state index is -0.566. The van der Waals surface area contributed by atoms with Crippen LogP contribution in [0.15, 0.2) is 84.9 Å². The third kappa shape index (κ3) is 6.81. The number of anilines is 1. The van der Waals surface area contributed by atoms with Gasteiger partial charge < -0.3 is 29.6 Å². The van der Waals surface area contributed by atoms with E-state index in [1.165, 1.54) is 0 Å². The van der Waals surface area contributed by atoms with Crippen molar-refractivity contribution < 1.29 is 19.1 Å². The third-order valence-electron chi connectivity index (χ3n) is 10.4. The maximum absolute atomic E-state index is 13.9. The maximum Gasteiger partial charge on any atom is 0.270 e. The Labute approximate surface area is 307 Å². The zero-order valence-corrected chi connectivity index (χ0v) is 30.1. The van der Waals surface area contributed by atoms with Crippen molar-refractivity contribution in [2.45, 2.75) is 36.9 Å². The van der Waals surface area contributed by atoms with Gasteiger partial charge in [-0.25, -0.2) is 9.97 Å². The van der Waals surface area contributed by atoms with Crippen molar-refractivity contribution in [3.05, 3.63) is 112 Å². The van der Waals surface area contributed by atoms with Crippen LogP contribution in [0.5, 0.6) is 0 Å². The Morgan fingerprint density at radius 1 is 0.765 bits per heavy atom. The highest BCUT2D eigenvalue weighted by atomic mass is 35.5. The molecule has 2 aliphatic heterocycles. The molecule has 10 nitrogen and oxygen atoms in total. The quantitative estimate of drug-likeness (QED) is 0.164. The fourth-order valence-electron chi connectivity index (χ4n) is 7.43. The van der Waals surface area contributed by atoms with Gasteiger partial charge in [-0.15, -0.1) is 0 Å². The Morgan fingerprint density at radius 3 is 1.84 bits per heavy atom. The van der Waals surface area contributed by atoms with E-state index in [2.05, 4.69) is 10.3 Å². The summed E-state index contributed by atoms with van der Waals surface area (Å²) in [6, 6.07) is 26.8. The monoisotopic (exact) mass is 726 g/mol.